The lowest BCUT2D eigenvalue weighted by molar-refractivity contribution is 0.103. The third-order valence-corrected chi connectivity index (χ3v) is 5.83. The summed E-state index contributed by atoms with van der Waals surface area (Å²) in [7, 11) is 1.58. The minimum atomic E-state index is -0.266. The van der Waals surface area contributed by atoms with Crippen LogP contribution in [0.4, 0.5) is 10.1 Å². The predicted molar refractivity (Wildman–Crippen MR) is 114 cm³/mol. The van der Waals surface area contributed by atoms with Gasteiger partial charge in [-0.2, -0.15) is 5.10 Å². The van der Waals surface area contributed by atoms with Crippen molar-refractivity contribution in [3.8, 4) is 5.75 Å². The molecule has 1 amide bonds. The number of amides is 1. The van der Waals surface area contributed by atoms with Crippen molar-refractivity contribution in [1.82, 2.24) is 9.78 Å². The van der Waals surface area contributed by atoms with E-state index in [2.05, 4.69) is 10.4 Å². The molecule has 29 heavy (non-hydrogen) atoms. The zero-order valence-electron chi connectivity index (χ0n) is 16.3. The minimum absolute atomic E-state index is 0.192. The summed E-state index contributed by atoms with van der Waals surface area (Å²) in [5.74, 6) is 0.156. The van der Waals surface area contributed by atoms with Gasteiger partial charge in [-0.1, -0.05) is 18.2 Å². The van der Waals surface area contributed by atoms with E-state index >= 15 is 0 Å². The fraction of sp³-hybridized carbons (Fsp3) is 0.182. The Balaban J connectivity index is 1.63. The molecule has 2 aromatic heterocycles. The number of aryl methyl sites for hydroxylation is 2. The lowest BCUT2D eigenvalue weighted by Crippen LogP contribution is -2.11. The lowest BCUT2D eigenvalue weighted by atomic mass is 10.2. The number of thiophene rings is 1. The highest BCUT2D eigenvalue weighted by atomic mass is 32.1. The van der Waals surface area contributed by atoms with Gasteiger partial charge >= 0.3 is 0 Å². The number of aromatic nitrogens is 2. The van der Waals surface area contributed by atoms with E-state index in [4.69, 9.17) is 4.74 Å². The molecule has 4 aromatic rings. The summed E-state index contributed by atoms with van der Waals surface area (Å²) in [5.41, 5.74) is 3.47. The van der Waals surface area contributed by atoms with Gasteiger partial charge in [-0.15, -0.1) is 11.3 Å². The molecule has 0 unspecified atom stereocenters. The Labute approximate surface area is 171 Å². The summed E-state index contributed by atoms with van der Waals surface area (Å²) in [5, 5.41) is 8.45. The van der Waals surface area contributed by atoms with E-state index in [-0.39, 0.29) is 11.7 Å². The largest absolute Gasteiger partial charge is 0.495 e. The molecule has 0 spiro atoms. The number of fused-ring (bicyclic) bond motifs is 1. The van der Waals surface area contributed by atoms with Crippen molar-refractivity contribution in [3.63, 3.8) is 0 Å². The zero-order valence-corrected chi connectivity index (χ0v) is 17.1. The second-order valence-electron chi connectivity index (χ2n) is 6.86. The summed E-state index contributed by atoms with van der Waals surface area (Å²) in [6.45, 7) is 4.39. The number of carbonyl (C=O) groups is 1. The second-order valence-corrected chi connectivity index (χ2v) is 7.89. The van der Waals surface area contributed by atoms with Crippen molar-refractivity contribution in [3.05, 3.63) is 76.0 Å². The molecule has 0 saturated heterocycles. The highest BCUT2D eigenvalue weighted by Gasteiger charge is 2.18. The highest BCUT2D eigenvalue weighted by Crippen LogP contribution is 2.31. The second kappa shape index (κ2) is 7.67. The summed E-state index contributed by atoms with van der Waals surface area (Å²) < 4.78 is 20.4. The predicted octanol–water partition coefficient (Wildman–Crippen LogP) is 5.16. The third kappa shape index (κ3) is 3.86. The molecule has 5 nitrogen and oxygen atoms in total. The number of carbonyl (C=O) groups excluding carboxylic acids is 1. The summed E-state index contributed by atoms with van der Waals surface area (Å²) in [6.07, 6.45) is 0. The van der Waals surface area contributed by atoms with Gasteiger partial charge in [0.05, 0.1) is 29.9 Å². The van der Waals surface area contributed by atoms with E-state index in [0.29, 0.717) is 22.9 Å². The molecule has 148 valence electrons. The lowest BCUT2D eigenvalue weighted by Gasteiger charge is -2.10. The molecule has 2 heterocycles. The number of hydrogen-bond donors (Lipinski definition) is 1. The zero-order chi connectivity index (χ0) is 20.5. The summed E-state index contributed by atoms with van der Waals surface area (Å²) in [6, 6.07) is 13.9. The van der Waals surface area contributed by atoms with E-state index < -0.39 is 0 Å². The van der Waals surface area contributed by atoms with Crippen molar-refractivity contribution in [2.24, 2.45) is 0 Å². The van der Waals surface area contributed by atoms with Crippen LogP contribution in [0.25, 0.3) is 10.2 Å². The van der Waals surface area contributed by atoms with Crippen LogP contribution >= 0.6 is 11.3 Å². The molecular formula is C22H20FN3O2S. The van der Waals surface area contributed by atoms with Crippen molar-refractivity contribution in [2.75, 3.05) is 12.4 Å². The maximum absolute atomic E-state index is 13.2. The smallest absolute Gasteiger partial charge is 0.265 e. The van der Waals surface area contributed by atoms with Crippen molar-refractivity contribution >= 4 is 33.1 Å². The van der Waals surface area contributed by atoms with Crippen LogP contribution in [0.1, 0.15) is 26.5 Å². The maximum Gasteiger partial charge on any atom is 0.265 e. The number of anilines is 1. The summed E-state index contributed by atoms with van der Waals surface area (Å²) in [4.78, 5) is 14.4. The van der Waals surface area contributed by atoms with Crippen molar-refractivity contribution in [2.45, 2.75) is 20.4 Å². The van der Waals surface area contributed by atoms with E-state index in [0.717, 1.165) is 27.0 Å². The Kier molecular flexibility index (Phi) is 5.07. The molecule has 0 radical (unpaired) electrons. The molecule has 7 heteroatoms. The number of nitrogens with one attached hydrogen (secondary N) is 1. The van der Waals surface area contributed by atoms with Gasteiger partial charge in [0.1, 0.15) is 16.4 Å². The SMILES string of the molecule is COc1ccc(C)cc1NC(=O)c1cc2c(C)nn(Cc3ccc(F)cc3)c2s1. The molecular weight excluding hydrogens is 389 g/mol. The Bertz CT molecular complexity index is 1190. The fourth-order valence-corrected chi connectivity index (χ4v) is 4.25. The van der Waals surface area contributed by atoms with Crippen molar-refractivity contribution in [1.29, 1.82) is 0 Å². The average Bonchev–Trinajstić information content (AvgIpc) is 3.25. The number of nitrogens with zero attached hydrogens (tertiary/aromatic N) is 2. The molecule has 0 aliphatic carbocycles. The average molecular weight is 409 g/mol. The topological polar surface area (TPSA) is 56.1 Å². The number of halogens is 1. The monoisotopic (exact) mass is 409 g/mol. The van der Waals surface area contributed by atoms with Crippen LogP contribution in [0, 0.1) is 19.7 Å². The van der Waals surface area contributed by atoms with Gasteiger partial charge in [-0.05, 0) is 55.3 Å². The number of hydrogen-bond acceptors (Lipinski definition) is 4. The Morgan fingerprint density at radius 3 is 2.66 bits per heavy atom. The molecule has 0 fully saturated rings. The van der Waals surface area contributed by atoms with Gasteiger partial charge in [-0.25, -0.2) is 4.39 Å². The normalized spacial score (nSPS) is 11.0. The van der Waals surface area contributed by atoms with Crippen LogP contribution in [0.15, 0.2) is 48.5 Å². The van der Waals surface area contributed by atoms with Gasteiger partial charge in [0.15, 0.2) is 0 Å². The quantitative estimate of drug-likeness (QED) is 0.495. The van der Waals surface area contributed by atoms with Gasteiger partial charge in [-0.3, -0.25) is 9.48 Å². The molecule has 4 rings (SSSR count). The van der Waals surface area contributed by atoms with Gasteiger partial charge in [0, 0.05) is 5.39 Å². The molecule has 0 atom stereocenters. The molecule has 0 bridgehead atoms. The van der Waals surface area contributed by atoms with Gasteiger partial charge in [0.2, 0.25) is 0 Å². The van der Waals surface area contributed by atoms with Crippen LogP contribution in [0.2, 0.25) is 0 Å². The van der Waals surface area contributed by atoms with Gasteiger partial charge in [0.25, 0.3) is 5.91 Å². The molecule has 0 saturated carbocycles. The number of rotatable bonds is 5. The van der Waals surface area contributed by atoms with Crippen LogP contribution in [-0.2, 0) is 6.54 Å². The molecule has 2 aromatic carbocycles. The van der Waals surface area contributed by atoms with Gasteiger partial charge < -0.3 is 10.1 Å². The van der Waals surface area contributed by atoms with E-state index in [1.54, 1.807) is 19.2 Å². The number of methoxy groups -OCH3 is 1. The Morgan fingerprint density at radius 1 is 1.17 bits per heavy atom. The first-order valence-electron chi connectivity index (χ1n) is 9.12. The first-order chi connectivity index (χ1) is 13.9. The number of benzene rings is 2. The minimum Gasteiger partial charge on any atom is -0.495 e. The highest BCUT2D eigenvalue weighted by molar-refractivity contribution is 7.20. The Morgan fingerprint density at radius 2 is 1.93 bits per heavy atom. The van der Waals surface area contributed by atoms with E-state index in [1.807, 2.05) is 42.8 Å². The van der Waals surface area contributed by atoms with E-state index in [1.165, 1.54) is 23.5 Å². The van der Waals surface area contributed by atoms with Crippen molar-refractivity contribution < 1.29 is 13.9 Å². The standard InChI is InChI=1S/C22H20FN3O2S/c1-13-4-9-19(28-3)18(10-13)24-21(27)20-11-17-14(2)25-26(22(17)29-20)12-15-5-7-16(23)8-6-15/h4-11H,12H2,1-3H3,(H,24,27). The van der Waals surface area contributed by atoms with Crippen LogP contribution < -0.4 is 10.1 Å². The fourth-order valence-electron chi connectivity index (χ4n) is 3.20. The van der Waals surface area contributed by atoms with E-state index in [9.17, 15) is 9.18 Å². The number of ether oxygens (including phenoxy) is 1. The van der Waals surface area contributed by atoms with Crippen LogP contribution in [0.5, 0.6) is 5.75 Å². The summed E-state index contributed by atoms with van der Waals surface area (Å²) >= 11 is 1.39. The first-order valence-corrected chi connectivity index (χ1v) is 9.93. The maximum atomic E-state index is 13.2. The van der Waals surface area contributed by atoms with Crippen LogP contribution in [-0.4, -0.2) is 22.8 Å². The van der Waals surface area contributed by atoms with Crippen LogP contribution in [0.3, 0.4) is 0 Å². The molecule has 0 aliphatic rings. The molecule has 1 N–H and O–H groups in total. The first kappa shape index (κ1) is 19.1. The molecule has 0 aliphatic heterocycles. The third-order valence-electron chi connectivity index (χ3n) is 4.68. The Hall–Kier alpha value is -3.19.